The van der Waals surface area contributed by atoms with Crippen LogP contribution >= 0.6 is 0 Å². The van der Waals surface area contributed by atoms with Crippen LogP contribution in [0.3, 0.4) is 0 Å². The van der Waals surface area contributed by atoms with Crippen molar-refractivity contribution in [2.75, 3.05) is 6.54 Å². The SMILES string of the molecule is CCN/N=C(\C)C1=CC=C1C. The summed E-state index contributed by atoms with van der Waals surface area (Å²) in [5, 5.41) is 4.17. The summed E-state index contributed by atoms with van der Waals surface area (Å²) in [4.78, 5) is 0. The molecular formula is C9H14N2. The molecular weight excluding hydrogens is 136 g/mol. The molecule has 60 valence electrons. The Hall–Kier alpha value is -1.05. The molecule has 0 saturated carbocycles. The predicted molar refractivity (Wildman–Crippen MR) is 48.6 cm³/mol. The van der Waals surface area contributed by atoms with Crippen molar-refractivity contribution in [3.63, 3.8) is 0 Å². The second-order valence-corrected chi connectivity index (χ2v) is 2.64. The van der Waals surface area contributed by atoms with Gasteiger partial charge in [-0.25, -0.2) is 0 Å². The number of rotatable bonds is 3. The fourth-order valence-electron chi connectivity index (χ4n) is 0.997. The highest BCUT2D eigenvalue weighted by atomic mass is 15.3. The maximum atomic E-state index is 4.17. The number of nitrogens with one attached hydrogen (secondary N) is 1. The van der Waals surface area contributed by atoms with Gasteiger partial charge in [-0.1, -0.05) is 12.2 Å². The summed E-state index contributed by atoms with van der Waals surface area (Å²) in [6.45, 7) is 7.04. The first-order valence-electron chi connectivity index (χ1n) is 3.92. The van der Waals surface area contributed by atoms with Crippen molar-refractivity contribution >= 4 is 5.71 Å². The van der Waals surface area contributed by atoms with Crippen molar-refractivity contribution in [3.8, 4) is 0 Å². The van der Waals surface area contributed by atoms with E-state index in [0.717, 1.165) is 12.3 Å². The van der Waals surface area contributed by atoms with Gasteiger partial charge in [-0.2, -0.15) is 5.10 Å². The van der Waals surface area contributed by atoms with Crippen molar-refractivity contribution in [2.24, 2.45) is 5.10 Å². The summed E-state index contributed by atoms with van der Waals surface area (Å²) in [6, 6.07) is 0. The van der Waals surface area contributed by atoms with Crippen LogP contribution in [0.2, 0.25) is 0 Å². The predicted octanol–water partition coefficient (Wildman–Crippen LogP) is 1.86. The number of allylic oxidation sites excluding steroid dienone is 4. The first-order valence-corrected chi connectivity index (χ1v) is 3.92. The summed E-state index contributed by atoms with van der Waals surface area (Å²) in [6.07, 6.45) is 4.19. The van der Waals surface area contributed by atoms with Crippen molar-refractivity contribution in [2.45, 2.75) is 20.8 Å². The van der Waals surface area contributed by atoms with Gasteiger partial charge in [0.2, 0.25) is 0 Å². The van der Waals surface area contributed by atoms with E-state index < -0.39 is 0 Å². The molecule has 0 aromatic rings. The van der Waals surface area contributed by atoms with Gasteiger partial charge in [0.15, 0.2) is 0 Å². The average Bonchev–Trinajstić information content (AvgIpc) is 1.98. The molecule has 0 aliphatic heterocycles. The molecule has 11 heavy (non-hydrogen) atoms. The van der Waals surface area contributed by atoms with Crippen LogP contribution in [0.5, 0.6) is 0 Å². The largest absolute Gasteiger partial charge is 0.310 e. The number of nitrogens with zero attached hydrogens (tertiary/aromatic N) is 1. The van der Waals surface area contributed by atoms with Crippen LogP contribution in [-0.4, -0.2) is 12.3 Å². The van der Waals surface area contributed by atoms with Gasteiger partial charge in [-0.15, -0.1) is 0 Å². The van der Waals surface area contributed by atoms with Crippen LogP contribution in [0.15, 0.2) is 28.4 Å². The van der Waals surface area contributed by atoms with Crippen LogP contribution in [-0.2, 0) is 0 Å². The topological polar surface area (TPSA) is 24.4 Å². The molecule has 0 atom stereocenters. The maximum Gasteiger partial charge on any atom is 0.0646 e. The van der Waals surface area contributed by atoms with Crippen molar-refractivity contribution < 1.29 is 0 Å². The normalized spacial score (nSPS) is 16.8. The number of hydrogen-bond donors (Lipinski definition) is 1. The van der Waals surface area contributed by atoms with Crippen molar-refractivity contribution in [3.05, 3.63) is 23.3 Å². The molecule has 2 heteroatoms. The summed E-state index contributed by atoms with van der Waals surface area (Å²) < 4.78 is 0. The third-order valence-electron chi connectivity index (χ3n) is 1.72. The zero-order valence-electron chi connectivity index (χ0n) is 7.31. The first-order chi connectivity index (χ1) is 5.25. The fraction of sp³-hybridized carbons (Fsp3) is 0.444. The van der Waals surface area contributed by atoms with Gasteiger partial charge >= 0.3 is 0 Å². The van der Waals surface area contributed by atoms with E-state index in [-0.39, 0.29) is 0 Å². The lowest BCUT2D eigenvalue weighted by atomic mass is 9.95. The van der Waals surface area contributed by atoms with Crippen LogP contribution in [0.25, 0.3) is 0 Å². The van der Waals surface area contributed by atoms with E-state index in [2.05, 4.69) is 29.6 Å². The Bertz CT molecular complexity index is 234. The highest BCUT2D eigenvalue weighted by Crippen LogP contribution is 2.19. The molecule has 0 fully saturated rings. The van der Waals surface area contributed by atoms with E-state index in [1.807, 2.05) is 13.8 Å². The summed E-state index contributed by atoms with van der Waals surface area (Å²) in [7, 11) is 0. The quantitative estimate of drug-likeness (QED) is 0.482. The van der Waals surface area contributed by atoms with Crippen LogP contribution in [0, 0.1) is 0 Å². The molecule has 0 aromatic heterocycles. The van der Waals surface area contributed by atoms with Gasteiger partial charge in [-0.05, 0) is 26.3 Å². The van der Waals surface area contributed by atoms with E-state index in [1.165, 1.54) is 11.1 Å². The molecule has 1 aliphatic rings. The summed E-state index contributed by atoms with van der Waals surface area (Å²) in [5.41, 5.74) is 6.61. The monoisotopic (exact) mass is 150 g/mol. The highest BCUT2D eigenvalue weighted by Gasteiger charge is 2.08. The third-order valence-corrected chi connectivity index (χ3v) is 1.72. The Morgan fingerprint density at radius 2 is 2.27 bits per heavy atom. The minimum Gasteiger partial charge on any atom is -0.310 e. The zero-order chi connectivity index (χ0) is 8.27. The molecule has 0 radical (unpaired) electrons. The van der Waals surface area contributed by atoms with Gasteiger partial charge in [0.25, 0.3) is 0 Å². The smallest absolute Gasteiger partial charge is 0.0646 e. The average molecular weight is 150 g/mol. The Labute approximate surface area is 67.7 Å². The molecule has 1 rings (SSSR count). The standard InChI is InChI=1S/C9H14N2/c1-4-10-11-8(3)9-6-5-7(9)2/h5-6,10H,4H2,1-3H3/b11-8+. The minimum absolute atomic E-state index is 0.882. The molecule has 0 amide bonds. The molecule has 0 saturated heterocycles. The lowest BCUT2D eigenvalue weighted by Crippen LogP contribution is -2.11. The van der Waals surface area contributed by atoms with E-state index in [4.69, 9.17) is 0 Å². The molecule has 0 bridgehead atoms. The highest BCUT2D eigenvalue weighted by molar-refractivity contribution is 6.04. The molecule has 0 heterocycles. The Morgan fingerprint density at radius 1 is 1.55 bits per heavy atom. The van der Waals surface area contributed by atoms with E-state index >= 15 is 0 Å². The minimum atomic E-state index is 0.882. The summed E-state index contributed by atoms with van der Waals surface area (Å²) >= 11 is 0. The molecule has 1 N–H and O–H groups in total. The maximum absolute atomic E-state index is 4.17. The lowest BCUT2D eigenvalue weighted by molar-refractivity contribution is 0.782. The van der Waals surface area contributed by atoms with E-state index in [1.54, 1.807) is 0 Å². The van der Waals surface area contributed by atoms with E-state index in [0.29, 0.717) is 0 Å². The summed E-state index contributed by atoms with van der Waals surface area (Å²) in [5.74, 6) is 0. The number of hydrazone groups is 1. The van der Waals surface area contributed by atoms with Crippen molar-refractivity contribution in [1.29, 1.82) is 0 Å². The number of hydrogen-bond acceptors (Lipinski definition) is 2. The van der Waals surface area contributed by atoms with Gasteiger partial charge in [0.1, 0.15) is 0 Å². The van der Waals surface area contributed by atoms with Gasteiger partial charge in [0, 0.05) is 12.1 Å². The molecule has 0 aromatic carbocycles. The Morgan fingerprint density at radius 3 is 2.64 bits per heavy atom. The van der Waals surface area contributed by atoms with Crippen LogP contribution in [0.1, 0.15) is 20.8 Å². The van der Waals surface area contributed by atoms with Gasteiger partial charge in [0.05, 0.1) is 5.71 Å². The van der Waals surface area contributed by atoms with Crippen molar-refractivity contribution in [1.82, 2.24) is 5.43 Å². The molecule has 0 spiro atoms. The van der Waals surface area contributed by atoms with Crippen LogP contribution in [0.4, 0.5) is 0 Å². The third kappa shape index (κ3) is 1.70. The zero-order valence-corrected chi connectivity index (χ0v) is 7.31. The van der Waals surface area contributed by atoms with Gasteiger partial charge < -0.3 is 5.43 Å². The second kappa shape index (κ2) is 3.37. The van der Waals surface area contributed by atoms with E-state index in [9.17, 15) is 0 Å². The molecule has 1 aliphatic carbocycles. The first kappa shape index (κ1) is 8.05. The Balaban J connectivity index is 2.49. The fourth-order valence-corrected chi connectivity index (χ4v) is 0.997. The molecule has 2 nitrogen and oxygen atoms in total. The Kier molecular flexibility index (Phi) is 2.47. The second-order valence-electron chi connectivity index (χ2n) is 2.64. The van der Waals surface area contributed by atoms with Gasteiger partial charge in [-0.3, -0.25) is 0 Å². The van der Waals surface area contributed by atoms with Crippen LogP contribution < -0.4 is 5.43 Å². The molecule has 0 unspecified atom stereocenters. The lowest BCUT2D eigenvalue weighted by Gasteiger charge is -2.13.